The van der Waals surface area contributed by atoms with Crippen LogP contribution in [0.1, 0.15) is 26.3 Å². The first-order chi connectivity index (χ1) is 15.8. The number of carbonyl (C=O) groups excluding carboxylic acids is 2. The number of rotatable bonds is 7. The van der Waals surface area contributed by atoms with Crippen LogP contribution in [0.25, 0.3) is 0 Å². The fraction of sp³-hybridized carbons (Fsp3) is 0.0455. The number of nitro benzene ring substituents is 1. The first kappa shape index (κ1) is 23.7. The maximum absolute atomic E-state index is 12.5. The van der Waals surface area contributed by atoms with E-state index in [0.717, 1.165) is 6.21 Å². The van der Waals surface area contributed by atoms with Gasteiger partial charge in [-0.15, -0.1) is 0 Å². The molecule has 0 heterocycles. The summed E-state index contributed by atoms with van der Waals surface area (Å²) in [7, 11) is 1.48. The molecule has 0 aliphatic carbocycles. The number of halogens is 2. The zero-order chi connectivity index (χ0) is 24.0. The summed E-state index contributed by atoms with van der Waals surface area (Å²) in [4.78, 5) is 35.6. The van der Waals surface area contributed by atoms with Gasteiger partial charge in [-0.05, 0) is 48.5 Å². The third kappa shape index (κ3) is 5.85. The molecule has 168 valence electrons. The minimum Gasteiger partial charge on any atom is -0.497 e. The van der Waals surface area contributed by atoms with Gasteiger partial charge in [0.1, 0.15) is 5.75 Å². The lowest BCUT2D eigenvalue weighted by Gasteiger charge is -2.09. The molecule has 0 fully saturated rings. The Morgan fingerprint density at radius 3 is 2.45 bits per heavy atom. The van der Waals surface area contributed by atoms with E-state index in [4.69, 9.17) is 32.7 Å². The molecular formula is C22H15Cl2N3O6. The highest BCUT2D eigenvalue weighted by atomic mass is 35.5. The Morgan fingerprint density at radius 2 is 1.82 bits per heavy atom. The number of nitro groups is 1. The lowest BCUT2D eigenvalue weighted by Crippen LogP contribution is -2.18. The van der Waals surface area contributed by atoms with Gasteiger partial charge in [-0.2, -0.15) is 5.10 Å². The summed E-state index contributed by atoms with van der Waals surface area (Å²) >= 11 is 11.8. The summed E-state index contributed by atoms with van der Waals surface area (Å²) < 4.78 is 10.3. The summed E-state index contributed by atoms with van der Waals surface area (Å²) in [5.41, 5.74) is 2.18. The van der Waals surface area contributed by atoms with E-state index >= 15 is 0 Å². The second-order valence-corrected chi connectivity index (χ2v) is 7.24. The molecule has 0 atom stereocenters. The van der Waals surface area contributed by atoms with Crippen LogP contribution in [0.15, 0.2) is 65.8 Å². The molecule has 0 aromatic heterocycles. The molecule has 11 heteroatoms. The van der Waals surface area contributed by atoms with E-state index < -0.39 is 22.5 Å². The average Bonchev–Trinajstić information content (AvgIpc) is 2.79. The average molecular weight is 488 g/mol. The number of amides is 1. The van der Waals surface area contributed by atoms with Crippen LogP contribution in [0.5, 0.6) is 11.5 Å². The van der Waals surface area contributed by atoms with Gasteiger partial charge in [0.25, 0.3) is 5.91 Å². The molecule has 0 bridgehead atoms. The molecule has 0 saturated heterocycles. The maximum Gasteiger partial charge on any atom is 0.343 e. The Balaban J connectivity index is 1.84. The predicted molar refractivity (Wildman–Crippen MR) is 123 cm³/mol. The number of carbonyl (C=O) groups is 2. The molecule has 3 aromatic rings. The maximum atomic E-state index is 12.5. The molecule has 0 aliphatic rings. The summed E-state index contributed by atoms with van der Waals surface area (Å²) in [6.45, 7) is 0. The fourth-order valence-electron chi connectivity index (χ4n) is 2.67. The number of nitrogens with one attached hydrogen (secondary N) is 1. The topological polar surface area (TPSA) is 120 Å². The molecule has 3 rings (SSSR count). The molecule has 3 aromatic carbocycles. The van der Waals surface area contributed by atoms with Crippen LogP contribution in [-0.2, 0) is 0 Å². The van der Waals surface area contributed by atoms with Crippen molar-refractivity contribution >= 4 is 47.0 Å². The van der Waals surface area contributed by atoms with Crippen molar-refractivity contribution < 1.29 is 24.0 Å². The molecule has 0 radical (unpaired) electrons. The van der Waals surface area contributed by atoms with Gasteiger partial charge in [0.2, 0.25) is 5.75 Å². The van der Waals surface area contributed by atoms with Gasteiger partial charge in [-0.25, -0.2) is 10.2 Å². The molecule has 9 nitrogen and oxygen atoms in total. The number of methoxy groups -OCH3 is 1. The zero-order valence-electron chi connectivity index (χ0n) is 17.0. The molecular weight excluding hydrogens is 473 g/mol. The normalized spacial score (nSPS) is 10.6. The summed E-state index contributed by atoms with van der Waals surface area (Å²) in [6, 6.07) is 14.3. The van der Waals surface area contributed by atoms with Crippen molar-refractivity contribution in [3.8, 4) is 11.5 Å². The number of ether oxygens (including phenoxy) is 2. The Bertz CT molecular complexity index is 1250. The van der Waals surface area contributed by atoms with Crippen molar-refractivity contribution in [1.29, 1.82) is 0 Å². The summed E-state index contributed by atoms with van der Waals surface area (Å²) in [6.07, 6.45) is 1.12. The predicted octanol–water partition coefficient (Wildman–Crippen LogP) is 4.89. The first-order valence-corrected chi connectivity index (χ1v) is 9.98. The standard InChI is InChI=1S/C22H15Cl2N3O6/c1-32-16-8-5-13(6-9-16)22(29)33-20-14(3-2-4-19(20)27(30)31)12-25-26-21(28)17-10-7-15(23)11-18(17)24/h2-12H,1H3,(H,26,28)/b25-12+. The van der Waals surface area contributed by atoms with Gasteiger partial charge in [0.15, 0.2) is 0 Å². The Hall–Kier alpha value is -3.95. The lowest BCUT2D eigenvalue weighted by atomic mass is 10.1. The minimum absolute atomic E-state index is 0.0913. The van der Waals surface area contributed by atoms with Crippen LogP contribution < -0.4 is 14.9 Å². The van der Waals surface area contributed by atoms with Crippen molar-refractivity contribution in [3.63, 3.8) is 0 Å². The molecule has 33 heavy (non-hydrogen) atoms. The Labute approximate surface area is 197 Å². The van der Waals surface area contributed by atoms with Crippen molar-refractivity contribution in [3.05, 3.63) is 97.5 Å². The van der Waals surface area contributed by atoms with Crippen molar-refractivity contribution in [2.75, 3.05) is 7.11 Å². The van der Waals surface area contributed by atoms with Crippen molar-refractivity contribution in [1.82, 2.24) is 5.43 Å². The summed E-state index contributed by atoms with van der Waals surface area (Å²) in [5, 5.41) is 15.7. The number of benzene rings is 3. The SMILES string of the molecule is COc1ccc(C(=O)Oc2c(/C=N/NC(=O)c3ccc(Cl)cc3Cl)cccc2[N+](=O)[O-])cc1. The third-order valence-electron chi connectivity index (χ3n) is 4.29. The van der Waals surface area contributed by atoms with Gasteiger partial charge in [0, 0.05) is 16.7 Å². The third-order valence-corrected chi connectivity index (χ3v) is 4.84. The van der Waals surface area contributed by atoms with Gasteiger partial charge in [-0.3, -0.25) is 14.9 Å². The lowest BCUT2D eigenvalue weighted by molar-refractivity contribution is -0.385. The zero-order valence-corrected chi connectivity index (χ0v) is 18.5. The van der Waals surface area contributed by atoms with Gasteiger partial charge in [0.05, 0.1) is 34.4 Å². The Kier molecular flexibility index (Phi) is 7.60. The van der Waals surface area contributed by atoms with Crippen LogP contribution in [0.3, 0.4) is 0 Å². The molecule has 1 amide bonds. The monoisotopic (exact) mass is 487 g/mol. The van der Waals surface area contributed by atoms with E-state index in [1.165, 1.54) is 55.6 Å². The van der Waals surface area contributed by atoms with Gasteiger partial charge >= 0.3 is 11.7 Å². The second kappa shape index (κ2) is 10.6. The molecule has 0 aliphatic heterocycles. The number of para-hydroxylation sites is 1. The highest BCUT2D eigenvalue weighted by molar-refractivity contribution is 6.36. The van der Waals surface area contributed by atoms with Crippen molar-refractivity contribution in [2.45, 2.75) is 0 Å². The summed E-state index contributed by atoms with van der Waals surface area (Å²) in [5.74, 6) is -1.25. The van der Waals surface area contributed by atoms with Crippen molar-refractivity contribution in [2.24, 2.45) is 5.10 Å². The number of esters is 1. The van der Waals surface area contributed by atoms with Gasteiger partial charge < -0.3 is 9.47 Å². The van der Waals surface area contributed by atoms with E-state index in [1.54, 1.807) is 12.1 Å². The van der Waals surface area contributed by atoms with Crippen LogP contribution in [0.4, 0.5) is 5.69 Å². The minimum atomic E-state index is -0.821. The van der Waals surface area contributed by atoms with Crippen LogP contribution in [0.2, 0.25) is 10.0 Å². The molecule has 0 unspecified atom stereocenters. The van der Waals surface area contributed by atoms with E-state index in [-0.39, 0.29) is 27.5 Å². The van der Waals surface area contributed by atoms with E-state index in [2.05, 4.69) is 10.5 Å². The highest BCUT2D eigenvalue weighted by Crippen LogP contribution is 2.31. The van der Waals surface area contributed by atoms with E-state index in [1.807, 2.05) is 0 Å². The second-order valence-electron chi connectivity index (χ2n) is 6.39. The molecule has 1 N–H and O–H groups in total. The highest BCUT2D eigenvalue weighted by Gasteiger charge is 2.22. The number of hydrogen-bond donors (Lipinski definition) is 1. The van der Waals surface area contributed by atoms with Crippen LogP contribution in [0, 0.1) is 10.1 Å². The number of hydrogen-bond acceptors (Lipinski definition) is 7. The molecule has 0 spiro atoms. The van der Waals surface area contributed by atoms with Crippen LogP contribution >= 0.6 is 23.2 Å². The van der Waals surface area contributed by atoms with Crippen LogP contribution in [-0.4, -0.2) is 30.1 Å². The molecule has 0 saturated carbocycles. The quantitative estimate of drug-likeness (QED) is 0.166. The van der Waals surface area contributed by atoms with E-state index in [9.17, 15) is 19.7 Å². The smallest absolute Gasteiger partial charge is 0.343 e. The van der Waals surface area contributed by atoms with Gasteiger partial charge in [-0.1, -0.05) is 29.3 Å². The Morgan fingerprint density at radius 1 is 1.09 bits per heavy atom. The fourth-order valence-corrected chi connectivity index (χ4v) is 3.17. The number of nitrogens with zero attached hydrogens (tertiary/aromatic N) is 2. The number of hydrazone groups is 1. The van der Waals surface area contributed by atoms with E-state index in [0.29, 0.717) is 10.8 Å². The largest absolute Gasteiger partial charge is 0.497 e. The first-order valence-electron chi connectivity index (χ1n) is 9.22.